The normalized spacial score (nSPS) is 15.6. The maximum Gasteiger partial charge on any atom is 0.254 e. The van der Waals surface area contributed by atoms with Crippen molar-refractivity contribution in [2.75, 3.05) is 40.4 Å². The molecule has 29 heavy (non-hydrogen) atoms. The molecule has 2 aromatic carbocycles. The summed E-state index contributed by atoms with van der Waals surface area (Å²) < 4.78 is 10.8. The second-order valence-corrected chi connectivity index (χ2v) is 7.14. The number of rotatable bonds is 6. The number of methoxy groups -OCH3 is 2. The molecule has 0 radical (unpaired) electrons. The van der Waals surface area contributed by atoms with Crippen LogP contribution < -0.4 is 19.5 Å². The van der Waals surface area contributed by atoms with Crippen LogP contribution in [0.15, 0.2) is 42.5 Å². The second kappa shape index (κ2) is 8.96. The molecule has 1 N–H and O–H groups in total. The number of nitrogens with one attached hydrogen (secondary N) is 1. The largest absolute Gasteiger partial charge is 0.545 e. The van der Waals surface area contributed by atoms with Gasteiger partial charge >= 0.3 is 0 Å². The summed E-state index contributed by atoms with van der Waals surface area (Å²) in [5.41, 5.74) is 1.67. The number of ether oxygens (including phenoxy) is 2. The van der Waals surface area contributed by atoms with Crippen LogP contribution in [0.25, 0.3) is 0 Å². The second-order valence-electron chi connectivity index (χ2n) is 7.14. The van der Waals surface area contributed by atoms with Crippen molar-refractivity contribution in [2.24, 2.45) is 0 Å². The van der Waals surface area contributed by atoms with Gasteiger partial charge in [-0.05, 0) is 36.8 Å². The number of carbonyl (C=O) groups is 2. The number of carbonyl (C=O) groups excluding carboxylic acids is 2. The molecular weight excluding hydrogens is 372 g/mol. The Morgan fingerprint density at radius 1 is 1.00 bits per heavy atom. The summed E-state index contributed by atoms with van der Waals surface area (Å²) in [6, 6.07) is 12.0. The van der Waals surface area contributed by atoms with Crippen LogP contribution >= 0.6 is 0 Å². The highest BCUT2D eigenvalue weighted by Crippen LogP contribution is 2.28. The van der Waals surface area contributed by atoms with Crippen molar-refractivity contribution in [1.29, 1.82) is 0 Å². The number of carboxylic acid groups (broad SMARTS) is 1. The predicted molar refractivity (Wildman–Crippen MR) is 105 cm³/mol. The van der Waals surface area contributed by atoms with Gasteiger partial charge in [-0.25, -0.2) is 0 Å². The Bertz CT molecular complexity index is 873. The van der Waals surface area contributed by atoms with Crippen molar-refractivity contribution in [1.82, 2.24) is 4.90 Å². The Morgan fingerprint density at radius 2 is 1.62 bits per heavy atom. The molecule has 3 rings (SSSR count). The predicted octanol–water partition coefficient (Wildman–Crippen LogP) is 0.169. The number of hydrogen-bond acceptors (Lipinski definition) is 5. The molecule has 0 aromatic heterocycles. The van der Waals surface area contributed by atoms with E-state index in [1.165, 1.54) is 29.2 Å². The molecule has 1 aliphatic heterocycles. The summed E-state index contributed by atoms with van der Waals surface area (Å²) in [6.45, 7) is 5.08. The highest BCUT2D eigenvalue weighted by atomic mass is 16.5. The quantitative estimate of drug-likeness (QED) is 0.750. The molecule has 0 saturated carbocycles. The molecule has 0 unspecified atom stereocenters. The summed E-state index contributed by atoms with van der Waals surface area (Å²) in [5.74, 6) is 0.233. The fourth-order valence-electron chi connectivity index (χ4n) is 3.76. The average Bonchev–Trinajstić information content (AvgIpc) is 2.77. The van der Waals surface area contributed by atoms with Crippen LogP contribution in [0.1, 0.15) is 39.2 Å². The van der Waals surface area contributed by atoms with E-state index in [2.05, 4.69) is 6.92 Å². The molecule has 1 heterocycles. The van der Waals surface area contributed by atoms with Crippen molar-refractivity contribution in [3.05, 3.63) is 59.2 Å². The number of nitrogens with zero attached hydrogens (tertiary/aromatic N) is 1. The zero-order valence-electron chi connectivity index (χ0n) is 16.9. The fourth-order valence-corrected chi connectivity index (χ4v) is 3.76. The van der Waals surface area contributed by atoms with Gasteiger partial charge in [0.05, 0.1) is 51.9 Å². The summed E-state index contributed by atoms with van der Waals surface area (Å²) in [5, 5.41) is 10.9. The monoisotopic (exact) mass is 398 g/mol. The molecule has 7 heteroatoms. The third-order valence-corrected chi connectivity index (χ3v) is 5.58. The first-order chi connectivity index (χ1) is 13.9. The fraction of sp³-hybridized carbons (Fsp3) is 0.364. The molecular formula is C22H26N2O5. The SMILES string of the molecule is COc1ccc([C@@H](C)[NH+]2CCN(C(=O)c3ccc(C(=O)[O-])cc3)CC2)c(OC)c1. The molecule has 2 aromatic rings. The number of piperazine rings is 1. The van der Waals surface area contributed by atoms with Gasteiger partial charge in [-0.1, -0.05) is 12.1 Å². The van der Waals surface area contributed by atoms with E-state index in [0.717, 1.165) is 30.2 Å². The smallest absolute Gasteiger partial charge is 0.254 e. The Morgan fingerprint density at radius 3 is 2.17 bits per heavy atom. The Hall–Kier alpha value is -3.06. The molecule has 154 valence electrons. The molecule has 0 spiro atoms. The van der Waals surface area contributed by atoms with E-state index in [1.54, 1.807) is 14.2 Å². The highest BCUT2D eigenvalue weighted by molar-refractivity contribution is 5.95. The van der Waals surface area contributed by atoms with Gasteiger partial charge < -0.3 is 29.2 Å². The zero-order valence-corrected chi connectivity index (χ0v) is 16.9. The van der Waals surface area contributed by atoms with Gasteiger partial charge in [0.2, 0.25) is 0 Å². The van der Waals surface area contributed by atoms with E-state index in [-0.39, 0.29) is 17.5 Å². The van der Waals surface area contributed by atoms with Gasteiger partial charge in [0, 0.05) is 11.6 Å². The summed E-state index contributed by atoms with van der Waals surface area (Å²) in [4.78, 5) is 26.8. The lowest BCUT2D eigenvalue weighted by Gasteiger charge is -2.36. The summed E-state index contributed by atoms with van der Waals surface area (Å²) in [7, 11) is 3.29. The van der Waals surface area contributed by atoms with E-state index < -0.39 is 5.97 Å². The van der Waals surface area contributed by atoms with Gasteiger partial charge in [-0.2, -0.15) is 0 Å². The van der Waals surface area contributed by atoms with Crippen molar-refractivity contribution >= 4 is 11.9 Å². The number of carboxylic acids is 1. The summed E-state index contributed by atoms with van der Waals surface area (Å²) in [6.07, 6.45) is 0. The van der Waals surface area contributed by atoms with Crippen molar-refractivity contribution in [2.45, 2.75) is 13.0 Å². The van der Waals surface area contributed by atoms with Gasteiger partial charge in [0.15, 0.2) is 0 Å². The third kappa shape index (κ3) is 4.51. The molecule has 0 aliphatic carbocycles. The minimum atomic E-state index is -1.25. The summed E-state index contributed by atoms with van der Waals surface area (Å²) >= 11 is 0. The minimum absolute atomic E-state index is 0.0677. The van der Waals surface area contributed by atoms with E-state index in [9.17, 15) is 14.7 Å². The standard InChI is InChI=1S/C22H26N2O5/c1-15(19-9-8-18(28-2)14-20(19)29-3)23-10-12-24(13-11-23)21(25)16-4-6-17(7-5-16)22(26)27/h4-9,14-15H,10-13H2,1-3H3,(H,26,27)/t15-/m1/s1. The number of hydrogen-bond donors (Lipinski definition) is 1. The van der Waals surface area contributed by atoms with Crippen LogP contribution in [0.3, 0.4) is 0 Å². The first kappa shape index (κ1) is 20.7. The van der Waals surface area contributed by atoms with E-state index >= 15 is 0 Å². The Kier molecular flexibility index (Phi) is 6.39. The Balaban J connectivity index is 1.64. The van der Waals surface area contributed by atoms with Gasteiger partial charge in [-0.15, -0.1) is 0 Å². The first-order valence-electron chi connectivity index (χ1n) is 9.61. The van der Waals surface area contributed by atoms with E-state index in [0.29, 0.717) is 18.7 Å². The highest BCUT2D eigenvalue weighted by Gasteiger charge is 2.29. The molecule has 1 amide bonds. The minimum Gasteiger partial charge on any atom is -0.545 e. The molecule has 0 bridgehead atoms. The maximum atomic E-state index is 12.7. The third-order valence-electron chi connectivity index (χ3n) is 5.58. The molecule has 1 saturated heterocycles. The number of quaternary nitrogens is 1. The van der Waals surface area contributed by atoms with Gasteiger partial charge in [0.1, 0.15) is 17.5 Å². The Labute approximate surface area is 170 Å². The van der Waals surface area contributed by atoms with Crippen LogP contribution in [0.5, 0.6) is 11.5 Å². The van der Waals surface area contributed by atoms with Crippen LogP contribution in [0, 0.1) is 0 Å². The van der Waals surface area contributed by atoms with Crippen LogP contribution in [0.4, 0.5) is 0 Å². The van der Waals surface area contributed by atoms with Crippen LogP contribution in [-0.2, 0) is 0 Å². The zero-order chi connectivity index (χ0) is 21.0. The van der Waals surface area contributed by atoms with Crippen molar-refractivity contribution < 1.29 is 29.1 Å². The molecule has 1 fully saturated rings. The van der Waals surface area contributed by atoms with Crippen molar-refractivity contribution in [3.63, 3.8) is 0 Å². The topological polar surface area (TPSA) is 83.3 Å². The number of aromatic carboxylic acids is 1. The number of benzene rings is 2. The van der Waals surface area contributed by atoms with E-state index in [1.807, 2.05) is 23.1 Å². The van der Waals surface area contributed by atoms with E-state index in [4.69, 9.17) is 9.47 Å². The van der Waals surface area contributed by atoms with Gasteiger partial charge in [-0.3, -0.25) is 4.79 Å². The van der Waals surface area contributed by atoms with Gasteiger partial charge in [0.25, 0.3) is 5.91 Å². The first-order valence-corrected chi connectivity index (χ1v) is 9.61. The van der Waals surface area contributed by atoms with Crippen molar-refractivity contribution in [3.8, 4) is 11.5 Å². The average molecular weight is 398 g/mol. The van der Waals surface area contributed by atoms with Crippen LogP contribution in [0.2, 0.25) is 0 Å². The lowest BCUT2D eigenvalue weighted by atomic mass is 10.0. The lowest BCUT2D eigenvalue weighted by molar-refractivity contribution is -0.933. The maximum absolute atomic E-state index is 12.7. The molecule has 7 nitrogen and oxygen atoms in total. The number of amides is 1. The lowest BCUT2D eigenvalue weighted by Crippen LogP contribution is -3.14. The molecule has 1 aliphatic rings. The van der Waals surface area contributed by atoms with Crippen LogP contribution in [-0.4, -0.2) is 57.2 Å². The molecule has 1 atom stereocenters.